The SMILES string of the molecule is CC(C)C(NC(=O)/C=C/c1cc(O)ccc1N)C(=O)O. The first-order valence-corrected chi connectivity index (χ1v) is 6.11. The van der Waals surface area contributed by atoms with Crippen molar-refractivity contribution in [3.05, 3.63) is 29.8 Å². The Bertz CT molecular complexity index is 538. The normalized spacial score (nSPS) is 12.6. The molecule has 6 nitrogen and oxygen atoms in total. The summed E-state index contributed by atoms with van der Waals surface area (Å²) >= 11 is 0. The van der Waals surface area contributed by atoms with E-state index >= 15 is 0 Å². The summed E-state index contributed by atoms with van der Waals surface area (Å²) in [4.78, 5) is 22.6. The van der Waals surface area contributed by atoms with Crippen molar-refractivity contribution >= 4 is 23.6 Å². The Kier molecular flexibility index (Phi) is 5.14. The second-order valence-electron chi connectivity index (χ2n) is 4.72. The standard InChI is InChI=1S/C14H18N2O4/c1-8(2)13(14(19)20)16-12(18)6-3-9-7-10(17)4-5-11(9)15/h3-8,13,17H,15H2,1-2H3,(H,16,18)(H,19,20)/b6-3+. The molecule has 6 heteroatoms. The summed E-state index contributed by atoms with van der Waals surface area (Å²) in [7, 11) is 0. The van der Waals surface area contributed by atoms with E-state index < -0.39 is 17.9 Å². The number of hydrogen-bond acceptors (Lipinski definition) is 4. The van der Waals surface area contributed by atoms with Gasteiger partial charge in [-0.05, 0) is 30.2 Å². The largest absolute Gasteiger partial charge is 0.508 e. The van der Waals surface area contributed by atoms with Crippen molar-refractivity contribution in [1.82, 2.24) is 5.32 Å². The number of nitrogen functional groups attached to an aromatic ring is 1. The number of nitrogens with two attached hydrogens (primary N) is 1. The molecule has 0 aliphatic carbocycles. The van der Waals surface area contributed by atoms with Crippen LogP contribution in [0.3, 0.4) is 0 Å². The molecule has 0 aromatic heterocycles. The number of carboxylic acids is 1. The predicted molar refractivity (Wildman–Crippen MR) is 76.0 cm³/mol. The number of nitrogens with one attached hydrogen (secondary N) is 1. The third-order valence-corrected chi connectivity index (χ3v) is 2.72. The third-order valence-electron chi connectivity index (χ3n) is 2.72. The van der Waals surface area contributed by atoms with Gasteiger partial charge in [0.2, 0.25) is 5.91 Å². The summed E-state index contributed by atoms with van der Waals surface area (Å²) in [6.07, 6.45) is 2.60. The van der Waals surface area contributed by atoms with Crippen LogP contribution < -0.4 is 11.1 Å². The van der Waals surface area contributed by atoms with Gasteiger partial charge in [-0.2, -0.15) is 0 Å². The zero-order valence-electron chi connectivity index (χ0n) is 11.3. The summed E-state index contributed by atoms with van der Waals surface area (Å²) < 4.78 is 0. The Morgan fingerprint density at radius 2 is 2.00 bits per heavy atom. The molecule has 0 fully saturated rings. The molecule has 0 bridgehead atoms. The van der Waals surface area contributed by atoms with Gasteiger partial charge in [0, 0.05) is 17.3 Å². The van der Waals surface area contributed by atoms with Crippen LogP contribution in [0.1, 0.15) is 19.4 Å². The number of phenolic OH excluding ortho intramolecular Hbond substituents is 1. The molecule has 1 amide bonds. The van der Waals surface area contributed by atoms with Crippen molar-refractivity contribution in [2.75, 3.05) is 5.73 Å². The van der Waals surface area contributed by atoms with Crippen LogP contribution in [-0.4, -0.2) is 28.1 Å². The van der Waals surface area contributed by atoms with Gasteiger partial charge in [0.25, 0.3) is 0 Å². The maximum Gasteiger partial charge on any atom is 0.326 e. The maximum atomic E-state index is 11.7. The highest BCUT2D eigenvalue weighted by molar-refractivity contribution is 5.95. The average Bonchev–Trinajstić information content (AvgIpc) is 2.36. The van der Waals surface area contributed by atoms with Gasteiger partial charge in [-0.25, -0.2) is 4.79 Å². The molecule has 108 valence electrons. The van der Waals surface area contributed by atoms with Gasteiger partial charge in [0.05, 0.1) is 0 Å². The first-order valence-electron chi connectivity index (χ1n) is 6.11. The number of phenols is 1. The summed E-state index contributed by atoms with van der Waals surface area (Å²) in [6.45, 7) is 3.41. The topological polar surface area (TPSA) is 113 Å². The minimum Gasteiger partial charge on any atom is -0.508 e. The molecule has 0 radical (unpaired) electrons. The van der Waals surface area contributed by atoms with Crippen molar-refractivity contribution in [3.63, 3.8) is 0 Å². The zero-order chi connectivity index (χ0) is 15.3. The van der Waals surface area contributed by atoms with E-state index in [9.17, 15) is 14.7 Å². The lowest BCUT2D eigenvalue weighted by Crippen LogP contribution is -2.43. The number of carbonyl (C=O) groups excluding carboxylic acids is 1. The Labute approximate surface area is 116 Å². The van der Waals surface area contributed by atoms with E-state index in [1.165, 1.54) is 30.4 Å². The van der Waals surface area contributed by atoms with E-state index in [0.29, 0.717) is 11.3 Å². The fourth-order valence-corrected chi connectivity index (χ4v) is 1.59. The van der Waals surface area contributed by atoms with Gasteiger partial charge >= 0.3 is 5.97 Å². The molecule has 0 heterocycles. The van der Waals surface area contributed by atoms with E-state index in [1.807, 2.05) is 0 Å². The van der Waals surface area contributed by atoms with Crippen molar-refractivity contribution in [1.29, 1.82) is 0 Å². The van der Waals surface area contributed by atoms with Crippen LogP contribution >= 0.6 is 0 Å². The summed E-state index contributed by atoms with van der Waals surface area (Å²) in [5, 5.41) is 20.7. The van der Waals surface area contributed by atoms with Crippen LogP contribution in [0.2, 0.25) is 0 Å². The Morgan fingerprint density at radius 3 is 2.55 bits per heavy atom. The molecule has 1 unspecified atom stereocenters. The monoisotopic (exact) mass is 278 g/mol. The van der Waals surface area contributed by atoms with Crippen LogP contribution in [0.15, 0.2) is 24.3 Å². The molecular formula is C14H18N2O4. The van der Waals surface area contributed by atoms with E-state index in [-0.39, 0.29) is 11.7 Å². The number of hydrogen-bond donors (Lipinski definition) is 4. The second kappa shape index (κ2) is 6.60. The minimum absolute atomic E-state index is 0.0323. The van der Waals surface area contributed by atoms with E-state index in [4.69, 9.17) is 10.8 Å². The number of carboxylic acid groups (broad SMARTS) is 1. The Morgan fingerprint density at radius 1 is 1.35 bits per heavy atom. The van der Waals surface area contributed by atoms with Gasteiger partial charge in [0.1, 0.15) is 11.8 Å². The fourth-order valence-electron chi connectivity index (χ4n) is 1.59. The molecule has 1 aromatic carbocycles. The number of benzene rings is 1. The fraction of sp³-hybridized carbons (Fsp3) is 0.286. The molecule has 1 aromatic rings. The molecule has 0 saturated carbocycles. The molecule has 20 heavy (non-hydrogen) atoms. The zero-order valence-corrected chi connectivity index (χ0v) is 11.3. The number of carbonyl (C=O) groups is 2. The van der Waals surface area contributed by atoms with Crippen molar-refractivity contribution in [2.45, 2.75) is 19.9 Å². The summed E-state index contributed by atoms with van der Waals surface area (Å²) in [6, 6.07) is 3.41. The van der Waals surface area contributed by atoms with Gasteiger partial charge in [0.15, 0.2) is 0 Å². The van der Waals surface area contributed by atoms with E-state index in [2.05, 4.69) is 5.32 Å². The molecule has 5 N–H and O–H groups in total. The van der Waals surface area contributed by atoms with Crippen LogP contribution in [0, 0.1) is 5.92 Å². The van der Waals surface area contributed by atoms with E-state index in [1.54, 1.807) is 13.8 Å². The van der Waals surface area contributed by atoms with E-state index in [0.717, 1.165) is 0 Å². The maximum absolute atomic E-state index is 11.7. The minimum atomic E-state index is -1.08. The second-order valence-corrected chi connectivity index (χ2v) is 4.72. The highest BCUT2D eigenvalue weighted by Crippen LogP contribution is 2.19. The predicted octanol–water partition coefficient (Wildman–Crippen LogP) is 1.21. The quantitative estimate of drug-likeness (QED) is 0.367. The number of aromatic hydroxyl groups is 1. The van der Waals surface area contributed by atoms with Gasteiger partial charge in [-0.1, -0.05) is 13.8 Å². The van der Waals surface area contributed by atoms with Gasteiger partial charge in [-0.15, -0.1) is 0 Å². The first-order chi connectivity index (χ1) is 9.31. The van der Waals surface area contributed by atoms with Crippen LogP contribution in [0.5, 0.6) is 5.75 Å². The lowest BCUT2D eigenvalue weighted by Gasteiger charge is -2.16. The molecule has 1 rings (SSSR count). The van der Waals surface area contributed by atoms with Crippen molar-refractivity contribution in [2.24, 2.45) is 5.92 Å². The molecule has 0 saturated heterocycles. The summed E-state index contributed by atoms with van der Waals surface area (Å²) in [5.41, 5.74) is 6.58. The highest BCUT2D eigenvalue weighted by atomic mass is 16.4. The van der Waals surface area contributed by atoms with Crippen LogP contribution in [0.25, 0.3) is 6.08 Å². The Hall–Kier alpha value is -2.50. The molecule has 0 aliphatic rings. The van der Waals surface area contributed by atoms with Gasteiger partial charge in [-0.3, -0.25) is 4.79 Å². The summed E-state index contributed by atoms with van der Waals surface area (Å²) in [5.74, 6) is -1.81. The van der Waals surface area contributed by atoms with Crippen molar-refractivity contribution < 1.29 is 19.8 Å². The number of rotatable bonds is 5. The van der Waals surface area contributed by atoms with Crippen LogP contribution in [-0.2, 0) is 9.59 Å². The average molecular weight is 278 g/mol. The molecule has 0 aliphatic heterocycles. The molecule has 1 atom stereocenters. The smallest absolute Gasteiger partial charge is 0.326 e. The first kappa shape index (κ1) is 15.6. The van der Waals surface area contributed by atoms with Crippen LogP contribution in [0.4, 0.5) is 5.69 Å². The molecule has 0 spiro atoms. The van der Waals surface area contributed by atoms with Gasteiger partial charge < -0.3 is 21.3 Å². The number of amides is 1. The third kappa shape index (κ3) is 4.31. The Balaban J connectivity index is 2.77. The molecular weight excluding hydrogens is 260 g/mol. The number of aliphatic carboxylic acids is 1. The lowest BCUT2D eigenvalue weighted by atomic mass is 10.0. The highest BCUT2D eigenvalue weighted by Gasteiger charge is 2.22. The lowest BCUT2D eigenvalue weighted by molar-refractivity contribution is -0.142. The number of anilines is 1. The van der Waals surface area contributed by atoms with Crippen molar-refractivity contribution in [3.8, 4) is 5.75 Å².